The highest BCUT2D eigenvalue weighted by Crippen LogP contribution is 2.37. The van der Waals surface area contributed by atoms with Gasteiger partial charge in [0.25, 0.3) is 5.91 Å². The van der Waals surface area contributed by atoms with E-state index in [-0.39, 0.29) is 5.57 Å². The number of nitriles is 1. The number of aryl methyl sites for hydroxylation is 1. The third kappa shape index (κ3) is 6.13. The van der Waals surface area contributed by atoms with Crippen molar-refractivity contribution in [2.45, 2.75) is 13.5 Å². The molecule has 0 aliphatic heterocycles. The Bertz CT molecular complexity index is 1180. The fraction of sp³-hybridized carbons (Fsp3) is 0.120. The van der Waals surface area contributed by atoms with Crippen molar-refractivity contribution in [2.75, 3.05) is 12.4 Å². The van der Waals surface area contributed by atoms with Crippen LogP contribution in [0, 0.1) is 18.3 Å². The first-order valence-electron chi connectivity index (χ1n) is 9.64. The van der Waals surface area contributed by atoms with Crippen LogP contribution in [-0.4, -0.2) is 13.0 Å². The molecule has 3 rings (SSSR count). The molecule has 1 N–H and O–H groups in total. The Labute approximate surface area is 200 Å². The fourth-order valence-corrected chi connectivity index (χ4v) is 3.39. The van der Waals surface area contributed by atoms with Crippen LogP contribution in [0.4, 0.5) is 5.69 Å². The summed E-state index contributed by atoms with van der Waals surface area (Å²) in [6.45, 7) is 2.34. The molecule has 0 saturated carbocycles. The summed E-state index contributed by atoms with van der Waals surface area (Å²) in [6.07, 6.45) is 1.45. The Morgan fingerprint density at radius 1 is 1.16 bits per heavy atom. The van der Waals surface area contributed by atoms with Crippen molar-refractivity contribution in [3.63, 3.8) is 0 Å². The largest absolute Gasteiger partial charge is 0.493 e. The van der Waals surface area contributed by atoms with Crippen molar-refractivity contribution in [3.8, 4) is 17.6 Å². The quantitative estimate of drug-likeness (QED) is 0.289. The van der Waals surface area contributed by atoms with E-state index < -0.39 is 5.91 Å². The summed E-state index contributed by atoms with van der Waals surface area (Å²) in [5.41, 5.74) is 3.21. The van der Waals surface area contributed by atoms with Gasteiger partial charge in [-0.1, -0.05) is 57.4 Å². The van der Waals surface area contributed by atoms with Crippen molar-refractivity contribution in [3.05, 3.63) is 92.4 Å². The van der Waals surface area contributed by atoms with Gasteiger partial charge in [0.2, 0.25) is 0 Å². The Morgan fingerprint density at radius 2 is 1.84 bits per heavy atom. The standard InChI is InChI=1S/C25H20BrClN2O3/c1-16-3-5-17(6-4-16)15-32-24-22(27)12-18(13-23(24)31-2)11-19(14-28)25(30)29-21-9-7-20(26)8-10-21/h3-13H,15H2,1-2H3,(H,29,30)/b19-11-. The van der Waals surface area contributed by atoms with Crippen LogP contribution in [0.15, 0.2) is 70.7 Å². The van der Waals surface area contributed by atoms with E-state index in [2.05, 4.69) is 21.2 Å². The summed E-state index contributed by atoms with van der Waals surface area (Å²) in [5, 5.41) is 12.5. The second-order valence-corrected chi connectivity index (χ2v) is 8.26. The lowest BCUT2D eigenvalue weighted by Crippen LogP contribution is -2.13. The molecule has 7 heteroatoms. The molecule has 0 aliphatic carbocycles. The predicted octanol–water partition coefficient (Wildman–Crippen LogP) is 6.54. The third-order valence-electron chi connectivity index (χ3n) is 4.53. The van der Waals surface area contributed by atoms with Crippen LogP contribution >= 0.6 is 27.5 Å². The Balaban J connectivity index is 1.80. The maximum Gasteiger partial charge on any atom is 0.266 e. The number of ether oxygens (including phenoxy) is 2. The van der Waals surface area contributed by atoms with E-state index in [0.29, 0.717) is 34.4 Å². The molecule has 162 valence electrons. The molecule has 0 unspecified atom stereocenters. The molecule has 0 heterocycles. The van der Waals surface area contributed by atoms with E-state index in [1.165, 1.54) is 13.2 Å². The minimum absolute atomic E-state index is 0.0700. The fourth-order valence-electron chi connectivity index (χ4n) is 2.85. The normalized spacial score (nSPS) is 10.9. The minimum Gasteiger partial charge on any atom is -0.493 e. The van der Waals surface area contributed by atoms with Gasteiger partial charge in [0, 0.05) is 10.2 Å². The zero-order chi connectivity index (χ0) is 23.1. The number of carbonyl (C=O) groups is 1. The summed E-state index contributed by atoms with van der Waals surface area (Å²) in [4.78, 5) is 12.5. The molecule has 5 nitrogen and oxygen atoms in total. The van der Waals surface area contributed by atoms with Crippen molar-refractivity contribution in [2.24, 2.45) is 0 Å². The molecule has 1 amide bonds. The van der Waals surface area contributed by atoms with E-state index in [9.17, 15) is 10.1 Å². The van der Waals surface area contributed by atoms with Crippen molar-refractivity contribution in [1.29, 1.82) is 5.26 Å². The van der Waals surface area contributed by atoms with Crippen LogP contribution in [0.5, 0.6) is 11.5 Å². The number of anilines is 1. The number of amides is 1. The van der Waals surface area contributed by atoms with Crippen LogP contribution in [0.2, 0.25) is 5.02 Å². The van der Waals surface area contributed by atoms with Gasteiger partial charge >= 0.3 is 0 Å². The van der Waals surface area contributed by atoms with E-state index in [4.69, 9.17) is 21.1 Å². The highest BCUT2D eigenvalue weighted by molar-refractivity contribution is 9.10. The average molecular weight is 512 g/mol. The van der Waals surface area contributed by atoms with Gasteiger partial charge in [-0.2, -0.15) is 5.26 Å². The van der Waals surface area contributed by atoms with Gasteiger partial charge < -0.3 is 14.8 Å². The number of halogens is 2. The Hall–Kier alpha value is -3.27. The van der Waals surface area contributed by atoms with Crippen LogP contribution in [0.3, 0.4) is 0 Å². The number of nitrogens with zero attached hydrogens (tertiary/aromatic N) is 1. The molecule has 0 spiro atoms. The average Bonchev–Trinajstić information content (AvgIpc) is 2.79. The summed E-state index contributed by atoms with van der Waals surface area (Å²) in [6, 6.07) is 20.3. The summed E-state index contributed by atoms with van der Waals surface area (Å²) >= 11 is 9.77. The molecule has 0 radical (unpaired) electrons. The molecular formula is C25H20BrClN2O3. The summed E-state index contributed by atoms with van der Waals surface area (Å²) < 4.78 is 12.2. The Morgan fingerprint density at radius 3 is 2.47 bits per heavy atom. The van der Waals surface area contributed by atoms with Crippen molar-refractivity contribution >= 4 is 45.2 Å². The molecule has 0 aliphatic rings. The molecule has 0 fully saturated rings. The number of hydrogen-bond donors (Lipinski definition) is 1. The first-order chi connectivity index (χ1) is 15.4. The van der Waals surface area contributed by atoms with E-state index in [1.54, 1.807) is 36.4 Å². The first-order valence-corrected chi connectivity index (χ1v) is 10.8. The Kier molecular flexibility index (Phi) is 7.93. The van der Waals surface area contributed by atoms with Gasteiger partial charge in [0.1, 0.15) is 18.2 Å². The monoisotopic (exact) mass is 510 g/mol. The summed E-state index contributed by atoms with van der Waals surface area (Å²) in [5.74, 6) is 0.274. The van der Waals surface area contributed by atoms with Gasteiger partial charge in [-0.15, -0.1) is 0 Å². The number of hydrogen-bond acceptors (Lipinski definition) is 4. The molecule has 0 bridgehead atoms. The summed E-state index contributed by atoms with van der Waals surface area (Å²) in [7, 11) is 1.50. The minimum atomic E-state index is -0.524. The second-order valence-electron chi connectivity index (χ2n) is 6.94. The molecule has 32 heavy (non-hydrogen) atoms. The predicted molar refractivity (Wildman–Crippen MR) is 130 cm³/mol. The topological polar surface area (TPSA) is 71.3 Å². The van der Waals surface area contributed by atoms with Gasteiger partial charge in [-0.05, 0) is 60.5 Å². The number of methoxy groups -OCH3 is 1. The van der Waals surface area contributed by atoms with Gasteiger partial charge in [-0.3, -0.25) is 4.79 Å². The first kappa shape index (κ1) is 23.4. The van der Waals surface area contributed by atoms with E-state index in [0.717, 1.165) is 15.6 Å². The van der Waals surface area contributed by atoms with Crippen LogP contribution < -0.4 is 14.8 Å². The molecule has 0 aromatic heterocycles. The smallest absolute Gasteiger partial charge is 0.266 e. The maximum atomic E-state index is 12.5. The van der Waals surface area contributed by atoms with Gasteiger partial charge in [0.15, 0.2) is 11.5 Å². The molecule has 3 aromatic rings. The van der Waals surface area contributed by atoms with E-state index >= 15 is 0 Å². The third-order valence-corrected chi connectivity index (χ3v) is 5.34. The lowest BCUT2D eigenvalue weighted by molar-refractivity contribution is -0.112. The lowest BCUT2D eigenvalue weighted by atomic mass is 10.1. The number of benzene rings is 3. The SMILES string of the molecule is COc1cc(/C=C(/C#N)C(=O)Nc2ccc(Br)cc2)cc(Cl)c1OCc1ccc(C)cc1. The van der Waals surface area contributed by atoms with Crippen LogP contribution in [0.1, 0.15) is 16.7 Å². The van der Waals surface area contributed by atoms with Crippen molar-refractivity contribution in [1.82, 2.24) is 0 Å². The molecule has 0 atom stereocenters. The number of carbonyl (C=O) groups excluding carboxylic acids is 1. The lowest BCUT2D eigenvalue weighted by Gasteiger charge is -2.14. The molecular weight excluding hydrogens is 492 g/mol. The second kappa shape index (κ2) is 10.9. The molecule has 0 saturated heterocycles. The van der Waals surface area contributed by atoms with Crippen LogP contribution in [-0.2, 0) is 11.4 Å². The number of rotatable bonds is 7. The highest BCUT2D eigenvalue weighted by Gasteiger charge is 2.14. The maximum absolute atomic E-state index is 12.5. The zero-order valence-electron chi connectivity index (χ0n) is 17.5. The van der Waals surface area contributed by atoms with Crippen molar-refractivity contribution < 1.29 is 14.3 Å². The van der Waals surface area contributed by atoms with Gasteiger partial charge in [0.05, 0.1) is 12.1 Å². The molecule has 3 aromatic carbocycles. The highest BCUT2D eigenvalue weighted by atomic mass is 79.9. The van der Waals surface area contributed by atoms with E-state index in [1.807, 2.05) is 37.3 Å². The zero-order valence-corrected chi connectivity index (χ0v) is 19.8. The number of nitrogens with one attached hydrogen (secondary N) is 1. The van der Waals surface area contributed by atoms with Gasteiger partial charge in [-0.25, -0.2) is 0 Å². The van der Waals surface area contributed by atoms with Crippen LogP contribution in [0.25, 0.3) is 6.08 Å².